The molecule has 4 nitrogen and oxygen atoms in total. The van der Waals surface area contributed by atoms with Gasteiger partial charge in [0.1, 0.15) is 5.58 Å². The molecule has 0 bridgehead atoms. The number of carbonyl (C=O) groups excluding carboxylic acids is 1. The quantitative estimate of drug-likeness (QED) is 0.842. The molecule has 1 aliphatic rings. The van der Waals surface area contributed by atoms with Crippen molar-refractivity contribution in [1.82, 2.24) is 5.32 Å². The number of nitrogen functional groups attached to an aromatic ring is 1. The van der Waals surface area contributed by atoms with Crippen LogP contribution in [-0.2, 0) is 0 Å². The normalized spacial score (nSPS) is 17.4. The number of hydrogen-bond donors (Lipinski definition) is 2. The highest BCUT2D eigenvalue weighted by Crippen LogP contribution is 2.28. The molecule has 0 radical (unpaired) electrons. The van der Waals surface area contributed by atoms with Crippen molar-refractivity contribution in [1.29, 1.82) is 0 Å². The van der Waals surface area contributed by atoms with E-state index in [-0.39, 0.29) is 11.9 Å². The van der Waals surface area contributed by atoms with Gasteiger partial charge in [0.25, 0.3) is 5.91 Å². The van der Waals surface area contributed by atoms with E-state index in [9.17, 15) is 4.79 Å². The first-order valence-corrected chi connectivity index (χ1v) is 7.23. The van der Waals surface area contributed by atoms with Crippen molar-refractivity contribution in [3.63, 3.8) is 0 Å². The third kappa shape index (κ3) is 2.50. The number of amides is 1. The molecular formula is C16H20N2O2. The molecule has 0 saturated heterocycles. The minimum absolute atomic E-state index is 0.140. The predicted molar refractivity (Wildman–Crippen MR) is 79.5 cm³/mol. The number of carbonyl (C=O) groups is 1. The molecule has 4 heteroatoms. The maximum absolute atomic E-state index is 12.2. The summed E-state index contributed by atoms with van der Waals surface area (Å²) in [4.78, 5) is 12.2. The maximum atomic E-state index is 12.2. The van der Waals surface area contributed by atoms with Crippen LogP contribution in [0, 0.1) is 5.92 Å². The molecule has 1 aliphatic carbocycles. The molecule has 1 amide bonds. The van der Waals surface area contributed by atoms with Gasteiger partial charge >= 0.3 is 0 Å². The van der Waals surface area contributed by atoms with Crippen molar-refractivity contribution >= 4 is 22.6 Å². The van der Waals surface area contributed by atoms with Gasteiger partial charge < -0.3 is 15.5 Å². The van der Waals surface area contributed by atoms with Crippen molar-refractivity contribution < 1.29 is 9.21 Å². The van der Waals surface area contributed by atoms with E-state index in [0.717, 1.165) is 5.39 Å². The second-order valence-corrected chi connectivity index (χ2v) is 5.71. The van der Waals surface area contributed by atoms with Gasteiger partial charge in [0.15, 0.2) is 5.76 Å². The summed E-state index contributed by atoms with van der Waals surface area (Å²) < 4.78 is 5.58. The molecule has 1 atom stereocenters. The molecule has 0 spiro atoms. The van der Waals surface area contributed by atoms with Crippen LogP contribution < -0.4 is 11.1 Å². The highest BCUT2D eigenvalue weighted by atomic mass is 16.3. The topological polar surface area (TPSA) is 68.3 Å². The summed E-state index contributed by atoms with van der Waals surface area (Å²) in [6, 6.07) is 7.33. The van der Waals surface area contributed by atoms with Crippen molar-refractivity contribution in [2.75, 3.05) is 5.73 Å². The van der Waals surface area contributed by atoms with Gasteiger partial charge in [0.2, 0.25) is 0 Å². The lowest BCUT2D eigenvalue weighted by molar-refractivity contribution is 0.0901. The molecule has 3 rings (SSSR count). The second-order valence-electron chi connectivity index (χ2n) is 5.71. The second kappa shape index (κ2) is 5.19. The number of nitrogens with one attached hydrogen (secondary N) is 1. The zero-order valence-corrected chi connectivity index (χ0v) is 11.7. The summed E-state index contributed by atoms with van der Waals surface area (Å²) in [5, 5.41) is 3.91. The van der Waals surface area contributed by atoms with Gasteiger partial charge in [-0.1, -0.05) is 12.8 Å². The van der Waals surface area contributed by atoms with Crippen LogP contribution in [0.25, 0.3) is 11.0 Å². The van der Waals surface area contributed by atoms with E-state index < -0.39 is 0 Å². The average Bonchev–Trinajstić information content (AvgIpc) is 3.07. The Morgan fingerprint density at radius 1 is 1.35 bits per heavy atom. The number of rotatable bonds is 3. The first-order valence-electron chi connectivity index (χ1n) is 7.23. The fourth-order valence-corrected chi connectivity index (χ4v) is 3.03. The molecule has 2 aromatic rings. The molecule has 1 aromatic carbocycles. The monoisotopic (exact) mass is 272 g/mol. The number of benzene rings is 1. The summed E-state index contributed by atoms with van der Waals surface area (Å²) in [6.45, 7) is 2.08. The minimum Gasteiger partial charge on any atom is -0.451 e. The van der Waals surface area contributed by atoms with Crippen molar-refractivity contribution in [3.8, 4) is 0 Å². The van der Waals surface area contributed by atoms with Crippen LogP contribution in [0.2, 0.25) is 0 Å². The molecular weight excluding hydrogens is 252 g/mol. The lowest BCUT2D eigenvalue weighted by Gasteiger charge is -2.19. The smallest absolute Gasteiger partial charge is 0.287 e. The highest BCUT2D eigenvalue weighted by molar-refractivity contribution is 5.96. The summed E-state index contributed by atoms with van der Waals surface area (Å²) >= 11 is 0. The van der Waals surface area contributed by atoms with Gasteiger partial charge in [-0.25, -0.2) is 0 Å². The Balaban J connectivity index is 1.74. The summed E-state index contributed by atoms with van der Waals surface area (Å²) in [5.74, 6) is 0.814. The third-order valence-electron chi connectivity index (χ3n) is 4.23. The van der Waals surface area contributed by atoms with E-state index in [1.165, 1.54) is 25.7 Å². The molecule has 0 aliphatic heterocycles. The summed E-state index contributed by atoms with van der Waals surface area (Å²) in [6.07, 6.45) is 4.96. The number of anilines is 1. The Kier molecular flexibility index (Phi) is 3.38. The lowest BCUT2D eigenvalue weighted by Crippen LogP contribution is -2.36. The SMILES string of the molecule is CC(NC(=O)c1cc2cc(N)ccc2o1)C1CCCC1. The van der Waals surface area contributed by atoms with Crippen LogP contribution in [0.1, 0.15) is 43.2 Å². The number of hydrogen-bond acceptors (Lipinski definition) is 3. The summed E-state index contributed by atoms with van der Waals surface area (Å²) in [7, 11) is 0. The Morgan fingerprint density at radius 3 is 2.85 bits per heavy atom. The van der Waals surface area contributed by atoms with Crippen LogP contribution in [0.3, 0.4) is 0 Å². The molecule has 20 heavy (non-hydrogen) atoms. The van der Waals surface area contributed by atoms with Crippen LogP contribution in [-0.4, -0.2) is 11.9 Å². The Labute approximate surface area is 118 Å². The van der Waals surface area contributed by atoms with E-state index in [2.05, 4.69) is 12.2 Å². The summed E-state index contributed by atoms with van der Waals surface area (Å²) in [5.41, 5.74) is 7.09. The van der Waals surface area contributed by atoms with Crippen molar-refractivity contribution in [2.24, 2.45) is 5.92 Å². The largest absolute Gasteiger partial charge is 0.451 e. The predicted octanol–water partition coefficient (Wildman–Crippen LogP) is 3.32. The van der Waals surface area contributed by atoms with Crippen LogP contribution in [0.4, 0.5) is 5.69 Å². The van der Waals surface area contributed by atoms with Gasteiger partial charge in [-0.3, -0.25) is 4.79 Å². The number of furan rings is 1. The molecule has 1 heterocycles. The standard InChI is InChI=1S/C16H20N2O2/c1-10(11-4-2-3-5-11)18-16(19)15-9-12-8-13(17)6-7-14(12)20-15/h6-11H,2-5,17H2,1H3,(H,18,19). The third-order valence-corrected chi connectivity index (χ3v) is 4.23. The first-order chi connectivity index (χ1) is 9.63. The first kappa shape index (κ1) is 13.0. The molecule has 106 valence electrons. The number of nitrogens with two attached hydrogens (primary N) is 1. The Hall–Kier alpha value is -1.97. The van der Waals surface area contributed by atoms with Crippen LogP contribution in [0.5, 0.6) is 0 Å². The highest BCUT2D eigenvalue weighted by Gasteiger charge is 2.24. The Bertz CT molecular complexity index is 626. The van der Waals surface area contributed by atoms with Gasteiger partial charge in [-0.2, -0.15) is 0 Å². The molecule has 1 saturated carbocycles. The van der Waals surface area contributed by atoms with E-state index in [1.54, 1.807) is 18.2 Å². The van der Waals surface area contributed by atoms with Crippen LogP contribution >= 0.6 is 0 Å². The van der Waals surface area contributed by atoms with Crippen LogP contribution in [0.15, 0.2) is 28.7 Å². The van der Waals surface area contributed by atoms with E-state index in [0.29, 0.717) is 22.9 Å². The fourth-order valence-electron chi connectivity index (χ4n) is 3.03. The minimum atomic E-state index is -0.140. The fraction of sp³-hybridized carbons (Fsp3) is 0.438. The van der Waals surface area contributed by atoms with E-state index in [1.807, 2.05) is 6.07 Å². The van der Waals surface area contributed by atoms with E-state index >= 15 is 0 Å². The Morgan fingerprint density at radius 2 is 2.10 bits per heavy atom. The van der Waals surface area contributed by atoms with Crippen molar-refractivity contribution in [2.45, 2.75) is 38.6 Å². The molecule has 3 N–H and O–H groups in total. The molecule has 1 fully saturated rings. The van der Waals surface area contributed by atoms with Gasteiger partial charge in [0.05, 0.1) is 0 Å². The average molecular weight is 272 g/mol. The van der Waals surface area contributed by atoms with Gasteiger partial charge in [0, 0.05) is 17.1 Å². The number of fused-ring (bicyclic) bond motifs is 1. The zero-order chi connectivity index (χ0) is 14.1. The zero-order valence-electron chi connectivity index (χ0n) is 11.7. The van der Waals surface area contributed by atoms with Gasteiger partial charge in [-0.05, 0) is 49.9 Å². The van der Waals surface area contributed by atoms with Gasteiger partial charge in [-0.15, -0.1) is 0 Å². The van der Waals surface area contributed by atoms with Crippen molar-refractivity contribution in [3.05, 3.63) is 30.0 Å². The maximum Gasteiger partial charge on any atom is 0.287 e. The molecule has 1 unspecified atom stereocenters. The lowest BCUT2D eigenvalue weighted by atomic mass is 10.00. The molecule has 1 aromatic heterocycles. The van der Waals surface area contributed by atoms with E-state index in [4.69, 9.17) is 10.2 Å².